The molecule has 6 nitrogen and oxygen atoms in total. The van der Waals surface area contributed by atoms with E-state index in [4.69, 9.17) is 5.21 Å². The van der Waals surface area contributed by atoms with Gasteiger partial charge in [0, 0.05) is 31.5 Å². The van der Waals surface area contributed by atoms with Crippen LogP contribution < -0.4 is 10.8 Å². The van der Waals surface area contributed by atoms with Gasteiger partial charge in [-0.3, -0.25) is 14.8 Å². The summed E-state index contributed by atoms with van der Waals surface area (Å²) >= 11 is 0. The van der Waals surface area contributed by atoms with Gasteiger partial charge in [-0.1, -0.05) is 30.3 Å². The van der Waals surface area contributed by atoms with Crippen molar-refractivity contribution in [2.75, 3.05) is 13.1 Å². The van der Waals surface area contributed by atoms with E-state index in [0.29, 0.717) is 31.5 Å². The number of hydrogen-bond donors (Lipinski definition) is 3. The Balaban J connectivity index is 1.20. The molecule has 164 valence electrons. The highest BCUT2D eigenvalue weighted by molar-refractivity contribution is 5.78. The van der Waals surface area contributed by atoms with Crippen LogP contribution in [0.3, 0.4) is 0 Å². The summed E-state index contributed by atoms with van der Waals surface area (Å²) in [6.07, 6.45) is 3.27. The Morgan fingerprint density at radius 3 is 2.71 bits per heavy atom. The molecule has 31 heavy (non-hydrogen) atoms. The lowest BCUT2D eigenvalue weighted by atomic mass is 9.96. The van der Waals surface area contributed by atoms with Crippen LogP contribution in [0, 0.1) is 5.82 Å². The number of hydrogen-bond acceptors (Lipinski definition) is 4. The second-order valence-electron chi connectivity index (χ2n) is 8.44. The molecule has 2 aromatic rings. The molecule has 2 aromatic carbocycles. The summed E-state index contributed by atoms with van der Waals surface area (Å²) in [7, 11) is 0. The summed E-state index contributed by atoms with van der Waals surface area (Å²) in [6.45, 7) is 2.06. The Kier molecular flexibility index (Phi) is 6.63. The Hall–Kier alpha value is -2.77. The average molecular weight is 426 g/mol. The Bertz CT molecular complexity index is 948. The lowest BCUT2D eigenvalue weighted by molar-refractivity contribution is -0.132. The minimum atomic E-state index is -0.450. The zero-order valence-corrected chi connectivity index (χ0v) is 17.4. The number of rotatable bonds is 8. The summed E-state index contributed by atoms with van der Waals surface area (Å²) in [5.41, 5.74) is 5.92. The molecule has 1 aliphatic heterocycles. The van der Waals surface area contributed by atoms with Crippen molar-refractivity contribution >= 4 is 11.8 Å². The first-order valence-electron chi connectivity index (χ1n) is 10.8. The number of amides is 2. The third kappa shape index (κ3) is 5.48. The smallest absolute Gasteiger partial charge is 0.247 e. The summed E-state index contributed by atoms with van der Waals surface area (Å²) in [6, 6.07) is 13.0. The molecule has 2 atom stereocenters. The quantitative estimate of drug-likeness (QED) is 0.345. The molecule has 7 heteroatoms. The minimum absolute atomic E-state index is 0.115. The van der Waals surface area contributed by atoms with Gasteiger partial charge in [0.2, 0.25) is 11.8 Å². The maximum absolute atomic E-state index is 13.0. The molecule has 1 saturated carbocycles. The lowest BCUT2D eigenvalue weighted by Gasteiger charge is -2.29. The molecule has 0 spiro atoms. The van der Waals surface area contributed by atoms with Gasteiger partial charge in [-0.15, -0.1) is 0 Å². The molecule has 2 aliphatic rings. The number of carbonyl (C=O) groups excluding carboxylic acids is 2. The fourth-order valence-electron chi connectivity index (χ4n) is 4.34. The monoisotopic (exact) mass is 425 g/mol. The van der Waals surface area contributed by atoms with Gasteiger partial charge in [0.25, 0.3) is 0 Å². The molecule has 2 unspecified atom stereocenters. The van der Waals surface area contributed by atoms with Crippen molar-refractivity contribution in [2.45, 2.75) is 50.6 Å². The zero-order chi connectivity index (χ0) is 21.8. The summed E-state index contributed by atoms with van der Waals surface area (Å²) in [4.78, 5) is 25.9. The van der Waals surface area contributed by atoms with Gasteiger partial charge < -0.3 is 10.2 Å². The van der Waals surface area contributed by atoms with Gasteiger partial charge in [-0.2, -0.15) is 0 Å². The van der Waals surface area contributed by atoms with Crippen LogP contribution in [0.15, 0.2) is 42.5 Å². The van der Waals surface area contributed by atoms with Crippen LogP contribution in [0.5, 0.6) is 0 Å². The molecular weight excluding hydrogens is 397 g/mol. The highest BCUT2D eigenvalue weighted by Gasteiger charge is 2.37. The summed E-state index contributed by atoms with van der Waals surface area (Å²) < 4.78 is 13.0. The number of benzene rings is 2. The van der Waals surface area contributed by atoms with Crippen molar-refractivity contribution in [1.29, 1.82) is 0 Å². The summed E-state index contributed by atoms with van der Waals surface area (Å²) in [5, 5.41) is 12.2. The molecule has 3 N–H and O–H groups in total. The molecule has 1 aliphatic carbocycles. The molecule has 2 amide bonds. The van der Waals surface area contributed by atoms with Crippen LogP contribution in [-0.2, 0) is 29.0 Å². The molecule has 0 bridgehead atoms. The van der Waals surface area contributed by atoms with Crippen molar-refractivity contribution in [3.8, 4) is 0 Å². The van der Waals surface area contributed by atoms with E-state index in [-0.39, 0.29) is 18.1 Å². The van der Waals surface area contributed by atoms with E-state index in [2.05, 4.69) is 5.32 Å². The first kappa shape index (κ1) is 21.5. The highest BCUT2D eigenvalue weighted by Crippen LogP contribution is 2.40. The van der Waals surface area contributed by atoms with Crippen molar-refractivity contribution in [3.05, 3.63) is 70.5 Å². The highest BCUT2D eigenvalue weighted by atomic mass is 19.1. The van der Waals surface area contributed by atoms with Crippen LogP contribution >= 0.6 is 0 Å². The standard InChI is InChI=1S/C24H28FN3O3/c25-20-7-5-18(6-8-20)21-14-22(21)26-10-1-2-24(30)28-11-9-17-4-3-16(12-19(17)15-28)13-23(29)27-31/h3-8,12,21-22,26,31H,1-2,9-11,13-15H2,(H,27,29). The Morgan fingerprint density at radius 1 is 1.13 bits per heavy atom. The Morgan fingerprint density at radius 2 is 1.94 bits per heavy atom. The largest absolute Gasteiger partial charge is 0.338 e. The third-order valence-corrected chi connectivity index (χ3v) is 6.19. The molecule has 0 aromatic heterocycles. The molecule has 4 rings (SSSR count). The predicted octanol–water partition coefficient (Wildman–Crippen LogP) is 2.68. The number of hydroxylamine groups is 1. The van der Waals surface area contributed by atoms with Crippen molar-refractivity contribution < 1.29 is 19.2 Å². The number of nitrogens with zero attached hydrogens (tertiary/aromatic N) is 1. The van der Waals surface area contributed by atoms with Gasteiger partial charge in [-0.25, -0.2) is 9.87 Å². The van der Waals surface area contributed by atoms with Crippen LogP contribution in [0.25, 0.3) is 0 Å². The van der Waals surface area contributed by atoms with Crippen LogP contribution in [-0.4, -0.2) is 41.1 Å². The second kappa shape index (κ2) is 9.58. The third-order valence-electron chi connectivity index (χ3n) is 6.19. The van der Waals surface area contributed by atoms with Gasteiger partial charge in [-0.05, 0) is 60.2 Å². The maximum Gasteiger partial charge on any atom is 0.247 e. The topological polar surface area (TPSA) is 81.7 Å². The normalized spacial score (nSPS) is 19.6. The van der Waals surface area contributed by atoms with Gasteiger partial charge in [0.1, 0.15) is 5.82 Å². The van der Waals surface area contributed by atoms with E-state index in [1.165, 1.54) is 17.7 Å². The SMILES string of the molecule is O=C(Cc1ccc2c(c1)CN(C(=O)CCCNC1CC1c1ccc(F)cc1)CC2)NO. The van der Waals surface area contributed by atoms with Crippen molar-refractivity contribution in [1.82, 2.24) is 15.7 Å². The first-order chi connectivity index (χ1) is 15.0. The van der Waals surface area contributed by atoms with Crippen molar-refractivity contribution in [2.24, 2.45) is 0 Å². The van der Waals surface area contributed by atoms with Gasteiger partial charge in [0.05, 0.1) is 6.42 Å². The Labute approximate surface area is 181 Å². The number of fused-ring (bicyclic) bond motifs is 1. The summed E-state index contributed by atoms with van der Waals surface area (Å²) in [5.74, 6) is -0.0676. The fourth-order valence-corrected chi connectivity index (χ4v) is 4.34. The molecule has 0 saturated heterocycles. The average Bonchev–Trinajstić information content (AvgIpc) is 3.56. The van der Waals surface area contributed by atoms with Crippen LogP contribution in [0.2, 0.25) is 0 Å². The van der Waals surface area contributed by atoms with Crippen LogP contribution in [0.1, 0.15) is 47.4 Å². The molecule has 1 heterocycles. The maximum atomic E-state index is 13.0. The van der Waals surface area contributed by atoms with Gasteiger partial charge >= 0.3 is 0 Å². The number of carbonyl (C=O) groups is 2. The fraction of sp³-hybridized carbons (Fsp3) is 0.417. The van der Waals surface area contributed by atoms with E-state index in [1.54, 1.807) is 5.48 Å². The van der Waals surface area contributed by atoms with Crippen LogP contribution in [0.4, 0.5) is 4.39 Å². The van der Waals surface area contributed by atoms with Crippen molar-refractivity contribution in [3.63, 3.8) is 0 Å². The van der Waals surface area contributed by atoms with E-state index in [9.17, 15) is 14.0 Å². The second-order valence-corrected chi connectivity index (χ2v) is 8.44. The lowest BCUT2D eigenvalue weighted by Crippen LogP contribution is -2.36. The van der Waals surface area contributed by atoms with E-state index in [1.807, 2.05) is 35.2 Å². The number of halogens is 1. The zero-order valence-electron chi connectivity index (χ0n) is 17.4. The number of nitrogens with one attached hydrogen (secondary N) is 2. The van der Waals surface area contributed by atoms with E-state index in [0.717, 1.165) is 42.5 Å². The molecule has 0 radical (unpaired) electrons. The minimum Gasteiger partial charge on any atom is -0.338 e. The van der Waals surface area contributed by atoms with E-state index < -0.39 is 5.91 Å². The molecule has 1 fully saturated rings. The van der Waals surface area contributed by atoms with E-state index >= 15 is 0 Å². The first-order valence-corrected chi connectivity index (χ1v) is 10.8. The predicted molar refractivity (Wildman–Crippen MR) is 114 cm³/mol. The molecular formula is C24H28FN3O3. The van der Waals surface area contributed by atoms with Gasteiger partial charge in [0.15, 0.2) is 0 Å².